The van der Waals surface area contributed by atoms with Crippen molar-refractivity contribution in [3.63, 3.8) is 0 Å². The van der Waals surface area contributed by atoms with Crippen molar-refractivity contribution in [2.75, 3.05) is 0 Å². The van der Waals surface area contributed by atoms with E-state index in [1.165, 1.54) is 24.3 Å². The first-order valence-corrected chi connectivity index (χ1v) is 8.77. The van der Waals surface area contributed by atoms with Crippen LogP contribution in [-0.4, -0.2) is 11.8 Å². The van der Waals surface area contributed by atoms with Gasteiger partial charge in [0, 0.05) is 16.3 Å². The maximum Gasteiger partial charge on any atom is 0.305 e. The number of amides is 2. The second-order valence-electron chi connectivity index (χ2n) is 6.53. The number of fused-ring (bicyclic) bond motifs is 3. The lowest BCUT2D eigenvalue weighted by Gasteiger charge is -2.06. The number of hydrogen-bond acceptors (Lipinski definition) is 3. The Balaban J connectivity index is 1.51. The average molecular weight is 376 g/mol. The second kappa shape index (κ2) is 7.15. The summed E-state index contributed by atoms with van der Waals surface area (Å²) in [5.41, 5.74) is 6.71. The van der Waals surface area contributed by atoms with E-state index in [0.717, 1.165) is 16.2 Å². The fourth-order valence-corrected chi connectivity index (χ4v) is 3.18. The predicted octanol–water partition coefficient (Wildman–Crippen LogP) is 4.04. The first-order chi connectivity index (χ1) is 13.5. The lowest BCUT2D eigenvalue weighted by atomic mass is 10.1. The molecule has 0 spiro atoms. The summed E-state index contributed by atoms with van der Waals surface area (Å²) >= 11 is 0. The Hall–Kier alpha value is -3.67. The van der Waals surface area contributed by atoms with Crippen molar-refractivity contribution in [3.8, 4) is 0 Å². The van der Waals surface area contributed by atoms with E-state index < -0.39 is 11.8 Å². The molecule has 0 saturated carbocycles. The number of hydrazine groups is 1. The summed E-state index contributed by atoms with van der Waals surface area (Å²) in [5.74, 6) is -1.18. The molecule has 0 bridgehead atoms. The number of halogens is 1. The van der Waals surface area contributed by atoms with Crippen molar-refractivity contribution < 1.29 is 18.4 Å². The van der Waals surface area contributed by atoms with Gasteiger partial charge in [-0.2, -0.15) is 0 Å². The lowest BCUT2D eigenvalue weighted by molar-refractivity contribution is -0.121. The molecule has 4 rings (SSSR count). The summed E-state index contributed by atoms with van der Waals surface area (Å²) in [6.07, 6.45) is 0.0182. The van der Waals surface area contributed by atoms with Crippen LogP contribution in [-0.2, 0) is 11.2 Å². The van der Waals surface area contributed by atoms with Crippen LogP contribution in [0.4, 0.5) is 4.39 Å². The number of carbonyl (C=O) groups is 2. The maximum absolute atomic E-state index is 12.9. The molecule has 0 radical (unpaired) electrons. The van der Waals surface area contributed by atoms with Gasteiger partial charge in [-0.1, -0.05) is 48.5 Å². The topological polar surface area (TPSA) is 71.3 Å². The third-order valence-electron chi connectivity index (χ3n) is 4.63. The summed E-state index contributed by atoms with van der Waals surface area (Å²) in [6, 6.07) is 17.3. The predicted molar refractivity (Wildman–Crippen MR) is 104 cm³/mol. The highest BCUT2D eigenvalue weighted by Crippen LogP contribution is 2.31. The van der Waals surface area contributed by atoms with Crippen molar-refractivity contribution in [2.45, 2.75) is 13.3 Å². The molecule has 2 amide bonds. The minimum Gasteiger partial charge on any atom is -0.450 e. The van der Waals surface area contributed by atoms with Gasteiger partial charge in [-0.15, -0.1) is 0 Å². The Labute approximate surface area is 160 Å². The zero-order chi connectivity index (χ0) is 19.7. The molecular weight excluding hydrogens is 359 g/mol. The number of carbonyl (C=O) groups excluding carboxylic acids is 2. The molecule has 1 aromatic heterocycles. The molecular formula is C22H17FN2O3. The molecule has 0 aliphatic heterocycles. The Bertz CT molecular complexity index is 1200. The summed E-state index contributed by atoms with van der Waals surface area (Å²) in [4.78, 5) is 24.5. The van der Waals surface area contributed by atoms with Crippen molar-refractivity contribution in [1.29, 1.82) is 0 Å². The van der Waals surface area contributed by atoms with Gasteiger partial charge in [-0.05, 0) is 30.0 Å². The van der Waals surface area contributed by atoms with Crippen LogP contribution in [0.3, 0.4) is 0 Å². The molecule has 1 heterocycles. The van der Waals surface area contributed by atoms with Crippen LogP contribution in [0.15, 0.2) is 65.1 Å². The molecule has 2 N–H and O–H groups in total. The number of hydrogen-bond donors (Lipinski definition) is 2. The van der Waals surface area contributed by atoms with E-state index in [-0.39, 0.29) is 18.0 Å². The van der Waals surface area contributed by atoms with Gasteiger partial charge in [0.05, 0.1) is 6.42 Å². The van der Waals surface area contributed by atoms with E-state index in [9.17, 15) is 14.0 Å². The van der Waals surface area contributed by atoms with Crippen molar-refractivity contribution in [3.05, 3.63) is 83.4 Å². The van der Waals surface area contributed by atoms with E-state index in [1.807, 2.05) is 36.4 Å². The summed E-state index contributed by atoms with van der Waals surface area (Å²) in [6.45, 7) is 1.80. The lowest BCUT2D eigenvalue weighted by Crippen LogP contribution is -2.42. The Morgan fingerprint density at radius 3 is 2.46 bits per heavy atom. The molecule has 5 nitrogen and oxygen atoms in total. The molecule has 0 aliphatic rings. The molecule has 0 fully saturated rings. The van der Waals surface area contributed by atoms with Gasteiger partial charge in [-0.25, -0.2) is 4.39 Å². The molecule has 3 aromatic carbocycles. The quantitative estimate of drug-likeness (QED) is 0.530. The largest absolute Gasteiger partial charge is 0.450 e. The average Bonchev–Trinajstić information content (AvgIpc) is 3.05. The first-order valence-electron chi connectivity index (χ1n) is 8.77. The molecule has 0 unspecified atom stereocenters. The molecule has 140 valence electrons. The van der Waals surface area contributed by atoms with Crippen LogP contribution < -0.4 is 10.9 Å². The normalized spacial score (nSPS) is 10.9. The zero-order valence-electron chi connectivity index (χ0n) is 15.1. The number of furan rings is 1. The van der Waals surface area contributed by atoms with E-state index in [4.69, 9.17) is 4.42 Å². The third-order valence-corrected chi connectivity index (χ3v) is 4.63. The van der Waals surface area contributed by atoms with Crippen LogP contribution >= 0.6 is 0 Å². The Kier molecular flexibility index (Phi) is 4.53. The van der Waals surface area contributed by atoms with Crippen LogP contribution in [0.1, 0.15) is 21.7 Å². The van der Waals surface area contributed by atoms with Crippen LogP contribution in [0.2, 0.25) is 0 Å². The van der Waals surface area contributed by atoms with Gasteiger partial charge in [0.2, 0.25) is 5.91 Å². The van der Waals surface area contributed by atoms with Crippen LogP contribution in [0, 0.1) is 12.7 Å². The highest BCUT2D eigenvalue weighted by atomic mass is 19.1. The van der Waals surface area contributed by atoms with Gasteiger partial charge in [0.1, 0.15) is 11.4 Å². The highest BCUT2D eigenvalue weighted by Gasteiger charge is 2.19. The standard InChI is InChI=1S/C22H17FN2O3/c1-13-17-11-8-15-4-2-3-5-18(15)21(17)28-20(13)22(27)25-24-19(26)12-14-6-9-16(23)10-7-14/h2-11H,12H2,1H3,(H,24,26)(H,25,27). The summed E-state index contributed by atoms with van der Waals surface area (Å²) < 4.78 is 18.8. The van der Waals surface area contributed by atoms with Crippen LogP contribution in [0.25, 0.3) is 21.7 Å². The molecule has 0 saturated heterocycles. The minimum absolute atomic E-state index is 0.0182. The first kappa shape index (κ1) is 17.7. The maximum atomic E-state index is 12.9. The van der Waals surface area contributed by atoms with E-state index in [0.29, 0.717) is 16.7 Å². The molecule has 0 atom stereocenters. The molecule has 6 heteroatoms. The Morgan fingerprint density at radius 2 is 1.68 bits per heavy atom. The molecule has 4 aromatic rings. The van der Waals surface area contributed by atoms with Crippen LogP contribution in [0.5, 0.6) is 0 Å². The monoisotopic (exact) mass is 376 g/mol. The fraction of sp³-hybridized carbons (Fsp3) is 0.0909. The van der Waals surface area contributed by atoms with Crippen molar-refractivity contribution in [1.82, 2.24) is 10.9 Å². The van der Waals surface area contributed by atoms with Gasteiger partial charge < -0.3 is 4.42 Å². The second-order valence-corrected chi connectivity index (χ2v) is 6.53. The smallest absolute Gasteiger partial charge is 0.305 e. The van der Waals surface area contributed by atoms with E-state index in [2.05, 4.69) is 10.9 Å². The molecule has 0 aliphatic carbocycles. The summed E-state index contributed by atoms with van der Waals surface area (Å²) in [7, 11) is 0. The third kappa shape index (κ3) is 3.32. The SMILES string of the molecule is Cc1c(C(=O)NNC(=O)Cc2ccc(F)cc2)oc2c1ccc1ccccc12. The van der Waals surface area contributed by atoms with Gasteiger partial charge >= 0.3 is 5.91 Å². The van der Waals surface area contributed by atoms with Crippen molar-refractivity contribution >= 4 is 33.6 Å². The Morgan fingerprint density at radius 1 is 0.929 bits per heavy atom. The van der Waals surface area contributed by atoms with Gasteiger partial charge in [-0.3, -0.25) is 20.4 Å². The van der Waals surface area contributed by atoms with Gasteiger partial charge in [0.25, 0.3) is 0 Å². The minimum atomic E-state index is -0.537. The number of nitrogens with one attached hydrogen (secondary N) is 2. The molecule has 28 heavy (non-hydrogen) atoms. The van der Waals surface area contributed by atoms with Crippen molar-refractivity contribution in [2.24, 2.45) is 0 Å². The van der Waals surface area contributed by atoms with E-state index >= 15 is 0 Å². The zero-order valence-corrected chi connectivity index (χ0v) is 15.1. The number of benzene rings is 3. The number of rotatable bonds is 3. The summed E-state index contributed by atoms with van der Waals surface area (Å²) in [5, 5.41) is 2.78. The number of aryl methyl sites for hydroxylation is 1. The van der Waals surface area contributed by atoms with Gasteiger partial charge in [0.15, 0.2) is 5.76 Å². The highest BCUT2D eigenvalue weighted by molar-refractivity contribution is 6.09. The van der Waals surface area contributed by atoms with E-state index in [1.54, 1.807) is 6.92 Å². The fourth-order valence-electron chi connectivity index (χ4n) is 3.18.